The molecule has 0 bridgehead atoms. The van der Waals surface area contributed by atoms with E-state index in [9.17, 15) is 0 Å². The van der Waals surface area contributed by atoms with Crippen molar-refractivity contribution in [3.8, 4) is 0 Å². The van der Waals surface area contributed by atoms with Crippen LogP contribution in [0.2, 0.25) is 0 Å². The highest BCUT2D eigenvalue weighted by molar-refractivity contribution is 6.56. The molecule has 0 radical (unpaired) electrons. The van der Waals surface area contributed by atoms with Gasteiger partial charge in [-0.2, -0.15) is 5.10 Å². The van der Waals surface area contributed by atoms with Gasteiger partial charge in [0.2, 0.25) is 0 Å². The van der Waals surface area contributed by atoms with Crippen LogP contribution in [0.4, 0.5) is 0 Å². The van der Waals surface area contributed by atoms with Crippen molar-refractivity contribution in [1.29, 1.82) is 0 Å². The molecule has 2 aromatic heterocycles. The van der Waals surface area contributed by atoms with E-state index in [1.165, 1.54) is 4.52 Å². The second kappa shape index (κ2) is 2.58. The summed E-state index contributed by atoms with van der Waals surface area (Å²) >= 11 is 0. The molecular weight excluding hydrogens is 157 g/mol. The lowest BCUT2D eigenvalue weighted by Gasteiger charge is -1.86. The third-order valence-corrected chi connectivity index (χ3v) is 1.49. The Morgan fingerprint density at radius 3 is 2.83 bits per heavy atom. The molecule has 0 fully saturated rings. The summed E-state index contributed by atoms with van der Waals surface area (Å²) in [5, 5.41) is 21.3. The fraction of sp³-hybridized carbons (Fsp3) is 0. The van der Waals surface area contributed by atoms with Crippen LogP contribution in [0.25, 0.3) is 5.65 Å². The van der Waals surface area contributed by atoms with Crippen molar-refractivity contribution in [2.24, 2.45) is 0 Å². The van der Waals surface area contributed by atoms with Crippen molar-refractivity contribution in [2.75, 3.05) is 0 Å². The quantitative estimate of drug-likeness (QED) is 0.497. The fourth-order valence-corrected chi connectivity index (χ4v) is 0.958. The van der Waals surface area contributed by atoms with E-state index >= 15 is 0 Å². The first-order chi connectivity index (χ1) is 5.77. The lowest BCUT2D eigenvalue weighted by atomic mass is 9.91. The molecule has 2 heterocycles. The van der Waals surface area contributed by atoms with E-state index < -0.39 is 7.12 Å². The van der Waals surface area contributed by atoms with Crippen LogP contribution in [0.1, 0.15) is 0 Å². The summed E-state index contributed by atoms with van der Waals surface area (Å²) in [5.74, 6) is 0. The molecular formula is C6H6BN3O2. The molecule has 12 heavy (non-hydrogen) atoms. The number of aromatic nitrogens is 3. The smallest absolute Gasteiger partial charge is 0.421 e. The van der Waals surface area contributed by atoms with Crippen LogP contribution in [0.15, 0.2) is 24.4 Å². The number of hydrogen-bond donors (Lipinski definition) is 2. The van der Waals surface area contributed by atoms with Crippen molar-refractivity contribution in [1.82, 2.24) is 14.6 Å². The fourth-order valence-electron chi connectivity index (χ4n) is 0.958. The minimum absolute atomic E-state index is 0.0150. The average molecular weight is 163 g/mol. The molecule has 0 aliphatic heterocycles. The molecule has 2 aromatic rings. The van der Waals surface area contributed by atoms with Crippen molar-refractivity contribution >= 4 is 18.5 Å². The van der Waals surface area contributed by atoms with Crippen LogP contribution in [0.3, 0.4) is 0 Å². The van der Waals surface area contributed by atoms with Gasteiger partial charge < -0.3 is 10.0 Å². The van der Waals surface area contributed by atoms with E-state index in [0.29, 0.717) is 5.65 Å². The number of fused-ring (bicyclic) bond motifs is 1. The maximum absolute atomic E-state index is 8.74. The molecule has 0 unspecified atom stereocenters. The Balaban J connectivity index is 2.62. The molecule has 0 atom stereocenters. The highest BCUT2D eigenvalue weighted by Crippen LogP contribution is 1.93. The summed E-state index contributed by atoms with van der Waals surface area (Å²) in [6.07, 6.45) is 1.69. The summed E-state index contributed by atoms with van der Waals surface area (Å²) in [4.78, 5) is 3.86. The van der Waals surface area contributed by atoms with E-state index in [1.807, 2.05) is 0 Å². The van der Waals surface area contributed by atoms with Gasteiger partial charge in [0.1, 0.15) is 0 Å². The standard InChI is InChI=1S/C6H6BN3O2/c11-7(12)6-8-5-3-1-2-4-10(5)9-6/h1-4,11-12H. The first-order valence-electron chi connectivity index (χ1n) is 3.45. The van der Waals surface area contributed by atoms with Gasteiger partial charge in [-0.1, -0.05) is 6.07 Å². The van der Waals surface area contributed by atoms with Crippen molar-refractivity contribution in [3.63, 3.8) is 0 Å². The molecule has 0 saturated carbocycles. The number of rotatable bonds is 1. The first kappa shape index (κ1) is 7.26. The first-order valence-corrected chi connectivity index (χ1v) is 3.45. The Morgan fingerprint density at radius 2 is 2.17 bits per heavy atom. The van der Waals surface area contributed by atoms with E-state index in [0.717, 1.165) is 0 Å². The van der Waals surface area contributed by atoms with Gasteiger partial charge in [-0.3, -0.25) is 0 Å². The molecule has 0 spiro atoms. The van der Waals surface area contributed by atoms with Crippen LogP contribution in [-0.2, 0) is 0 Å². The van der Waals surface area contributed by atoms with E-state index in [1.54, 1.807) is 24.4 Å². The number of pyridine rings is 1. The summed E-state index contributed by atoms with van der Waals surface area (Å²) in [6, 6.07) is 5.33. The molecule has 0 aromatic carbocycles. The van der Waals surface area contributed by atoms with E-state index in [2.05, 4.69) is 10.1 Å². The molecule has 0 amide bonds. The minimum Gasteiger partial charge on any atom is -0.421 e. The predicted octanol–water partition coefficient (Wildman–Crippen LogP) is -1.59. The molecule has 0 aliphatic rings. The Labute approximate surface area is 68.4 Å². The Hall–Kier alpha value is -1.40. The lowest BCUT2D eigenvalue weighted by Crippen LogP contribution is -2.33. The number of hydrogen-bond acceptors (Lipinski definition) is 4. The molecule has 0 saturated heterocycles. The Kier molecular flexibility index (Phi) is 1.56. The molecule has 0 aliphatic carbocycles. The van der Waals surface area contributed by atoms with Gasteiger partial charge in [-0.25, -0.2) is 9.50 Å². The maximum atomic E-state index is 8.74. The molecule has 6 heteroatoms. The zero-order valence-electron chi connectivity index (χ0n) is 6.12. The largest absolute Gasteiger partial charge is 0.530 e. The summed E-state index contributed by atoms with van der Waals surface area (Å²) < 4.78 is 1.48. The third kappa shape index (κ3) is 1.07. The van der Waals surface area contributed by atoms with E-state index in [4.69, 9.17) is 10.0 Å². The zero-order valence-corrected chi connectivity index (χ0v) is 6.12. The lowest BCUT2D eigenvalue weighted by molar-refractivity contribution is 0.422. The molecule has 2 rings (SSSR count). The van der Waals surface area contributed by atoms with E-state index in [-0.39, 0.29) is 5.72 Å². The summed E-state index contributed by atoms with van der Waals surface area (Å²) in [7, 11) is -1.61. The molecule has 2 N–H and O–H groups in total. The molecule has 60 valence electrons. The summed E-state index contributed by atoms with van der Waals surface area (Å²) in [6.45, 7) is 0. The van der Waals surface area contributed by atoms with Crippen molar-refractivity contribution in [2.45, 2.75) is 0 Å². The SMILES string of the molecule is OB(O)c1nc2ccccn2n1. The van der Waals surface area contributed by atoms with Crippen LogP contribution in [-0.4, -0.2) is 31.8 Å². The van der Waals surface area contributed by atoms with Crippen molar-refractivity contribution < 1.29 is 10.0 Å². The van der Waals surface area contributed by atoms with Gasteiger partial charge >= 0.3 is 7.12 Å². The highest BCUT2D eigenvalue weighted by Gasteiger charge is 2.16. The van der Waals surface area contributed by atoms with Crippen LogP contribution in [0, 0.1) is 0 Å². The topological polar surface area (TPSA) is 70.7 Å². The van der Waals surface area contributed by atoms with Gasteiger partial charge in [0.05, 0.1) is 0 Å². The van der Waals surface area contributed by atoms with Crippen LogP contribution in [0.5, 0.6) is 0 Å². The monoisotopic (exact) mass is 163 g/mol. The van der Waals surface area contributed by atoms with Gasteiger partial charge in [-0.05, 0) is 12.1 Å². The summed E-state index contributed by atoms with van der Waals surface area (Å²) in [5.41, 5.74) is 0.613. The van der Waals surface area contributed by atoms with Gasteiger partial charge in [0.25, 0.3) is 0 Å². The van der Waals surface area contributed by atoms with Gasteiger partial charge in [0, 0.05) is 6.20 Å². The average Bonchev–Trinajstić information content (AvgIpc) is 2.46. The second-order valence-electron chi connectivity index (χ2n) is 2.35. The molecule has 5 nitrogen and oxygen atoms in total. The third-order valence-electron chi connectivity index (χ3n) is 1.49. The van der Waals surface area contributed by atoms with Crippen molar-refractivity contribution in [3.05, 3.63) is 24.4 Å². The minimum atomic E-state index is -1.61. The highest BCUT2D eigenvalue weighted by atomic mass is 16.4. The van der Waals surface area contributed by atoms with Gasteiger partial charge in [-0.15, -0.1) is 0 Å². The predicted molar refractivity (Wildman–Crippen MR) is 42.8 cm³/mol. The Morgan fingerprint density at radius 1 is 1.33 bits per heavy atom. The normalized spacial score (nSPS) is 10.5. The van der Waals surface area contributed by atoms with Crippen LogP contribution >= 0.6 is 0 Å². The number of nitrogens with zero attached hydrogens (tertiary/aromatic N) is 3. The zero-order chi connectivity index (χ0) is 8.55. The second-order valence-corrected chi connectivity index (χ2v) is 2.35. The maximum Gasteiger partial charge on any atom is 0.530 e. The van der Waals surface area contributed by atoms with Crippen LogP contribution < -0.4 is 5.72 Å². The Bertz CT molecular complexity index is 367. The van der Waals surface area contributed by atoms with Gasteiger partial charge in [0.15, 0.2) is 11.4 Å².